The van der Waals surface area contributed by atoms with Crippen LogP contribution in [0.25, 0.3) is 0 Å². The summed E-state index contributed by atoms with van der Waals surface area (Å²) in [5.74, 6) is -5.43. The Bertz CT molecular complexity index is 1700. The number of aliphatic imine (C=N–C) groups is 1. The third-order valence-corrected chi connectivity index (χ3v) is 7.72. The molecule has 12 N–H and O–H groups in total. The number of aromatic nitrogens is 1. The summed E-state index contributed by atoms with van der Waals surface area (Å²) < 4.78 is 0. The summed E-state index contributed by atoms with van der Waals surface area (Å²) in [5.41, 5.74) is 17.8. The predicted molar refractivity (Wildman–Crippen MR) is 189 cm³/mol. The first-order chi connectivity index (χ1) is 24.8. The van der Waals surface area contributed by atoms with E-state index < -0.39 is 66.1 Å². The number of carboxylic acids is 1. The number of guanidine groups is 1. The van der Waals surface area contributed by atoms with Gasteiger partial charge in [-0.1, -0.05) is 42.5 Å². The highest BCUT2D eigenvalue weighted by molar-refractivity contribution is 5.99. The van der Waals surface area contributed by atoms with E-state index in [1.54, 1.807) is 42.5 Å². The van der Waals surface area contributed by atoms with Gasteiger partial charge in [-0.2, -0.15) is 0 Å². The number of hydrogen-bond donors (Lipinski definition) is 9. The molecule has 3 aromatic rings. The number of amides is 5. The Hall–Kier alpha value is -6.52. The van der Waals surface area contributed by atoms with Gasteiger partial charge in [-0.25, -0.2) is 0 Å². The van der Waals surface area contributed by atoms with Gasteiger partial charge in [-0.05, 0) is 54.7 Å². The lowest BCUT2D eigenvalue weighted by atomic mass is 10.0. The van der Waals surface area contributed by atoms with Crippen LogP contribution in [0.1, 0.15) is 47.2 Å². The Morgan fingerprint density at radius 1 is 0.692 bits per heavy atom. The maximum atomic E-state index is 13.7. The van der Waals surface area contributed by atoms with E-state index in [0.717, 1.165) is 0 Å². The Morgan fingerprint density at radius 2 is 1.27 bits per heavy atom. The van der Waals surface area contributed by atoms with Crippen molar-refractivity contribution in [3.05, 3.63) is 95.8 Å². The molecule has 2 aromatic carbocycles. The fraction of sp³-hybridized carbons (Fsp3) is 0.314. The predicted octanol–water partition coefficient (Wildman–Crippen LogP) is -0.771. The van der Waals surface area contributed by atoms with Crippen LogP contribution in [0.5, 0.6) is 5.75 Å². The molecule has 1 heterocycles. The van der Waals surface area contributed by atoms with Crippen molar-refractivity contribution in [2.45, 2.75) is 62.7 Å². The molecular weight excluding hydrogens is 674 g/mol. The number of hydrogen-bond acceptors (Lipinski definition) is 9. The smallest absolute Gasteiger partial charge is 0.303 e. The SMILES string of the molecule is NC(=O)[C@H](Cc1ccccc1)NC(=O)[C@H](CCCN=C(N)N)NC(=O)[C@H](CCC(=O)O)NC(=O)[C@H](Cc1ccc(O)cc1)NC(=O)c1cccnc1. The van der Waals surface area contributed by atoms with E-state index in [1.165, 1.54) is 36.7 Å². The van der Waals surface area contributed by atoms with Crippen molar-refractivity contribution in [1.29, 1.82) is 0 Å². The minimum Gasteiger partial charge on any atom is -0.508 e. The van der Waals surface area contributed by atoms with Gasteiger partial charge < -0.3 is 48.7 Å². The van der Waals surface area contributed by atoms with Crippen LogP contribution >= 0.6 is 0 Å². The molecule has 52 heavy (non-hydrogen) atoms. The number of primary amides is 1. The zero-order valence-electron chi connectivity index (χ0n) is 28.2. The highest BCUT2D eigenvalue weighted by Crippen LogP contribution is 2.13. The molecule has 276 valence electrons. The van der Waals surface area contributed by atoms with E-state index in [9.17, 15) is 39.0 Å². The first-order valence-corrected chi connectivity index (χ1v) is 16.3. The highest BCUT2D eigenvalue weighted by Gasteiger charge is 2.31. The van der Waals surface area contributed by atoms with Crippen LogP contribution in [-0.2, 0) is 36.8 Å². The van der Waals surface area contributed by atoms with E-state index in [4.69, 9.17) is 17.2 Å². The standard InChI is InChI=1S/C35H43N9O8/c36-30(48)27(18-21-6-2-1-3-7-21)43-32(50)25(9-5-17-40-35(37)38)41-33(51)26(14-15-29(46)47)42-34(52)28(19-22-10-12-24(45)13-11-22)44-31(49)23-8-4-16-39-20-23/h1-4,6-8,10-13,16,20,25-28,45H,5,9,14-15,17-19H2,(H2,36,48)(H,41,51)(H,42,52)(H,43,50)(H,44,49)(H,46,47)(H4,37,38,40)/t25-,26-,27-,28-/m0/s1. The van der Waals surface area contributed by atoms with Gasteiger partial charge in [0.1, 0.15) is 29.9 Å². The van der Waals surface area contributed by atoms with Crippen LogP contribution in [0.15, 0.2) is 84.1 Å². The summed E-state index contributed by atoms with van der Waals surface area (Å²) >= 11 is 0. The van der Waals surface area contributed by atoms with Crippen LogP contribution in [-0.4, -0.2) is 87.4 Å². The summed E-state index contributed by atoms with van der Waals surface area (Å²) in [6, 6.07) is 12.5. The number of rotatable bonds is 20. The molecule has 0 bridgehead atoms. The monoisotopic (exact) mass is 717 g/mol. The van der Waals surface area contributed by atoms with E-state index in [-0.39, 0.29) is 55.9 Å². The van der Waals surface area contributed by atoms with Gasteiger partial charge in [0.2, 0.25) is 23.6 Å². The Kier molecular flexibility index (Phi) is 15.5. The van der Waals surface area contributed by atoms with E-state index in [2.05, 4.69) is 31.2 Å². The van der Waals surface area contributed by atoms with Gasteiger partial charge in [-0.15, -0.1) is 0 Å². The van der Waals surface area contributed by atoms with Gasteiger partial charge in [0, 0.05) is 38.2 Å². The molecule has 1 aromatic heterocycles. The fourth-order valence-electron chi connectivity index (χ4n) is 5.01. The lowest BCUT2D eigenvalue weighted by Gasteiger charge is -2.26. The van der Waals surface area contributed by atoms with Gasteiger partial charge in [0.25, 0.3) is 5.91 Å². The second-order valence-electron chi connectivity index (χ2n) is 11.8. The summed E-state index contributed by atoms with van der Waals surface area (Å²) in [4.78, 5) is 85.7. The third-order valence-electron chi connectivity index (χ3n) is 7.72. The molecule has 0 aliphatic rings. The number of carbonyl (C=O) groups excluding carboxylic acids is 5. The Balaban J connectivity index is 1.85. The molecule has 0 aliphatic carbocycles. The molecule has 0 radical (unpaired) electrons. The lowest BCUT2D eigenvalue weighted by molar-refractivity contribution is -0.138. The van der Waals surface area contributed by atoms with Crippen molar-refractivity contribution >= 4 is 41.5 Å². The first kappa shape index (κ1) is 39.9. The number of benzene rings is 2. The maximum Gasteiger partial charge on any atom is 0.303 e. The van der Waals surface area contributed by atoms with Crippen LogP contribution in [0.4, 0.5) is 0 Å². The zero-order valence-corrected chi connectivity index (χ0v) is 28.2. The van der Waals surface area contributed by atoms with Gasteiger partial charge >= 0.3 is 5.97 Å². The third kappa shape index (κ3) is 13.8. The Labute approximate surface area is 299 Å². The number of aromatic hydroxyl groups is 1. The van der Waals surface area contributed by atoms with Gasteiger partial charge in [0.15, 0.2) is 5.96 Å². The minimum absolute atomic E-state index is 0.0184. The summed E-state index contributed by atoms with van der Waals surface area (Å²) in [7, 11) is 0. The van der Waals surface area contributed by atoms with Crippen LogP contribution in [0.2, 0.25) is 0 Å². The topological polar surface area (TPSA) is 294 Å². The number of nitrogens with zero attached hydrogens (tertiary/aromatic N) is 2. The van der Waals surface area contributed by atoms with Crippen molar-refractivity contribution < 1.29 is 39.0 Å². The summed E-state index contributed by atoms with van der Waals surface area (Å²) in [5, 5.41) is 29.4. The second-order valence-corrected chi connectivity index (χ2v) is 11.8. The quantitative estimate of drug-likeness (QED) is 0.0397. The molecule has 4 atom stereocenters. The van der Waals surface area contributed by atoms with E-state index >= 15 is 0 Å². The normalized spacial score (nSPS) is 12.9. The lowest BCUT2D eigenvalue weighted by Crippen LogP contribution is -2.58. The second kappa shape index (κ2) is 20.2. The Morgan fingerprint density at radius 3 is 1.85 bits per heavy atom. The van der Waals surface area contributed by atoms with Crippen molar-refractivity contribution in [1.82, 2.24) is 26.3 Å². The van der Waals surface area contributed by atoms with Crippen molar-refractivity contribution in [2.24, 2.45) is 22.2 Å². The molecule has 0 aliphatic heterocycles. The number of nitrogens with one attached hydrogen (secondary N) is 4. The molecule has 3 rings (SSSR count). The van der Waals surface area contributed by atoms with Crippen LogP contribution in [0.3, 0.4) is 0 Å². The summed E-state index contributed by atoms with van der Waals surface area (Å²) in [6.45, 7) is 0.0972. The molecule has 0 spiro atoms. The molecule has 5 amide bonds. The number of phenolic OH excluding ortho intramolecular Hbond substituents is 1. The fourth-order valence-corrected chi connectivity index (χ4v) is 5.01. The van der Waals surface area contributed by atoms with Crippen molar-refractivity contribution in [2.75, 3.05) is 6.54 Å². The number of phenols is 1. The minimum atomic E-state index is -1.48. The molecule has 0 saturated heterocycles. The molecule has 0 fully saturated rings. The van der Waals surface area contributed by atoms with E-state index in [0.29, 0.717) is 11.1 Å². The van der Waals surface area contributed by atoms with Crippen LogP contribution < -0.4 is 38.5 Å². The highest BCUT2D eigenvalue weighted by atomic mass is 16.4. The van der Waals surface area contributed by atoms with Gasteiger partial charge in [0.05, 0.1) is 5.56 Å². The van der Waals surface area contributed by atoms with Crippen LogP contribution in [0, 0.1) is 0 Å². The largest absolute Gasteiger partial charge is 0.508 e. The molecule has 17 nitrogen and oxygen atoms in total. The molecule has 0 saturated carbocycles. The number of carbonyl (C=O) groups is 6. The number of aliphatic carboxylic acids is 1. The van der Waals surface area contributed by atoms with E-state index in [1.807, 2.05) is 0 Å². The molecular formula is C35H43N9O8. The van der Waals surface area contributed by atoms with Crippen molar-refractivity contribution in [3.63, 3.8) is 0 Å². The van der Waals surface area contributed by atoms with Crippen molar-refractivity contribution in [3.8, 4) is 5.75 Å². The number of pyridine rings is 1. The molecule has 17 heteroatoms. The molecule has 0 unspecified atom stereocenters. The van der Waals surface area contributed by atoms with Gasteiger partial charge in [-0.3, -0.25) is 38.7 Å². The first-order valence-electron chi connectivity index (χ1n) is 16.3. The average Bonchev–Trinajstić information content (AvgIpc) is 3.11. The zero-order chi connectivity index (χ0) is 38.0. The maximum absolute atomic E-state index is 13.7. The summed E-state index contributed by atoms with van der Waals surface area (Å²) in [6.07, 6.45) is 2.04. The average molecular weight is 718 g/mol. The number of carboxylic acid groups (broad SMARTS) is 1. The number of nitrogens with two attached hydrogens (primary N) is 3.